The molecule has 0 spiro atoms. The highest BCUT2D eigenvalue weighted by atomic mass is 16.5. The highest BCUT2D eigenvalue weighted by molar-refractivity contribution is 6.17. The summed E-state index contributed by atoms with van der Waals surface area (Å²) in [5, 5.41) is 1.75. The fraction of sp³-hybridized carbons (Fsp3) is 0.0385. The minimum Gasteiger partial charge on any atom is -0.457 e. The number of nitrogens with two attached hydrogens (primary N) is 1. The van der Waals surface area contributed by atoms with Gasteiger partial charge in [0, 0.05) is 22.9 Å². The summed E-state index contributed by atoms with van der Waals surface area (Å²) in [6.07, 6.45) is 0. The minimum absolute atomic E-state index is 0.435. The highest BCUT2D eigenvalue weighted by Gasteiger charge is 2.16. The van der Waals surface area contributed by atoms with Crippen LogP contribution in [0.1, 0.15) is 15.9 Å². The number of benzene rings is 4. The second-order valence-electron chi connectivity index (χ2n) is 7.14. The predicted octanol–water partition coefficient (Wildman–Crippen LogP) is 5.53. The second-order valence-corrected chi connectivity index (χ2v) is 7.14. The van der Waals surface area contributed by atoms with Gasteiger partial charge in [0.2, 0.25) is 5.91 Å². The Bertz CT molecular complexity index is 1370. The molecule has 4 heteroatoms. The van der Waals surface area contributed by atoms with E-state index in [0.29, 0.717) is 12.1 Å². The zero-order valence-electron chi connectivity index (χ0n) is 16.2. The van der Waals surface area contributed by atoms with E-state index in [0.717, 1.165) is 38.9 Å². The van der Waals surface area contributed by atoms with E-state index in [1.54, 1.807) is 6.07 Å². The number of fused-ring (bicyclic) bond motifs is 3. The molecule has 4 aromatic carbocycles. The van der Waals surface area contributed by atoms with Crippen LogP contribution in [0.3, 0.4) is 0 Å². The van der Waals surface area contributed by atoms with Gasteiger partial charge in [-0.2, -0.15) is 0 Å². The van der Waals surface area contributed by atoms with Crippen LogP contribution in [0.4, 0.5) is 0 Å². The first kappa shape index (κ1) is 18.0. The molecule has 0 aliphatic carbocycles. The van der Waals surface area contributed by atoms with Crippen molar-refractivity contribution < 1.29 is 9.53 Å². The Labute approximate surface area is 174 Å². The van der Waals surface area contributed by atoms with Crippen molar-refractivity contribution in [2.45, 2.75) is 6.54 Å². The number of carbonyl (C=O) groups excluding carboxylic acids is 1. The second kappa shape index (κ2) is 7.41. The zero-order chi connectivity index (χ0) is 20.5. The van der Waals surface area contributed by atoms with Crippen LogP contribution in [0.2, 0.25) is 0 Å². The van der Waals surface area contributed by atoms with Crippen LogP contribution in [0, 0.1) is 6.07 Å². The molecule has 4 nitrogen and oxygen atoms in total. The average Bonchev–Trinajstić information content (AvgIpc) is 3.09. The van der Waals surface area contributed by atoms with E-state index < -0.39 is 5.91 Å². The molecule has 0 aliphatic heterocycles. The molecule has 0 unspecified atom stereocenters. The Morgan fingerprint density at radius 1 is 0.867 bits per heavy atom. The van der Waals surface area contributed by atoms with E-state index in [-0.39, 0.29) is 0 Å². The fourth-order valence-corrected chi connectivity index (χ4v) is 3.90. The normalized spacial score (nSPS) is 11.1. The van der Waals surface area contributed by atoms with Gasteiger partial charge < -0.3 is 15.0 Å². The molecule has 1 radical (unpaired) electrons. The van der Waals surface area contributed by atoms with Crippen molar-refractivity contribution in [1.29, 1.82) is 0 Å². The fourth-order valence-electron chi connectivity index (χ4n) is 3.90. The van der Waals surface area contributed by atoms with Gasteiger partial charge in [-0.25, -0.2) is 0 Å². The topological polar surface area (TPSA) is 57.2 Å². The van der Waals surface area contributed by atoms with Crippen LogP contribution in [0.15, 0.2) is 91.0 Å². The van der Waals surface area contributed by atoms with Crippen LogP contribution in [0.5, 0.6) is 11.5 Å². The van der Waals surface area contributed by atoms with Crippen molar-refractivity contribution in [2.75, 3.05) is 0 Å². The third-order valence-corrected chi connectivity index (χ3v) is 5.19. The van der Waals surface area contributed by atoms with Crippen LogP contribution in [-0.2, 0) is 6.54 Å². The first-order chi connectivity index (χ1) is 14.7. The van der Waals surface area contributed by atoms with Crippen molar-refractivity contribution in [3.8, 4) is 11.5 Å². The van der Waals surface area contributed by atoms with E-state index in [4.69, 9.17) is 10.5 Å². The number of ether oxygens (including phenoxy) is 1. The number of hydrogen-bond donors (Lipinski definition) is 1. The molecule has 2 N–H and O–H groups in total. The number of primary amides is 1. The van der Waals surface area contributed by atoms with Crippen LogP contribution in [-0.4, -0.2) is 10.5 Å². The first-order valence-electron chi connectivity index (χ1n) is 9.74. The van der Waals surface area contributed by atoms with E-state index in [9.17, 15) is 4.79 Å². The minimum atomic E-state index is -0.435. The smallest absolute Gasteiger partial charge is 0.249 e. The predicted molar refractivity (Wildman–Crippen MR) is 119 cm³/mol. The van der Waals surface area contributed by atoms with E-state index in [1.807, 2.05) is 78.9 Å². The molecular formula is C26H19N2O2. The van der Waals surface area contributed by atoms with Crippen molar-refractivity contribution in [3.05, 3.63) is 108 Å². The summed E-state index contributed by atoms with van der Waals surface area (Å²) in [4.78, 5) is 12.0. The van der Waals surface area contributed by atoms with Crippen LogP contribution in [0.25, 0.3) is 21.8 Å². The van der Waals surface area contributed by atoms with E-state index in [2.05, 4.69) is 16.7 Å². The molecule has 30 heavy (non-hydrogen) atoms. The maximum Gasteiger partial charge on any atom is 0.249 e. The Morgan fingerprint density at radius 3 is 2.47 bits per heavy atom. The van der Waals surface area contributed by atoms with Gasteiger partial charge in [-0.05, 0) is 54.1 Å². The largest absolute Gasteiger partial charge is 0.457 e. The Hall–Kier alpha value is -4.05. The summed E-state index contributed by atoms with van der Waals surface area (Å²) in [5.41, 5.74) is 9.22. The van der Waals surface area contributed by atoms with Gasteiger partial charge in [-0.3, -0.25) is 4.79 Å². The number of carbonyl (C=O) groups is 1. The third-order valence-electron chi connectivity index (χ3n) is 5.19. The lowest BCUT2D eigenvalue weighted by molar-refractivity contribution is 0.100. The molecule has 0 fully saturated rings. The van der Waals surface area contributed by atoms with Crippen molar-refractivity contribution in [2.24, 2.45) is 5.73 Å². The average molecular weight is 391 g/mol. The van der Waals surface area contributed by atoms with Crippen LogP contribution < -0.4 is 10.5 Å². The molecule has 145 valence electrons. The van der Waals surface area contributed by atoms with Gasteiger partial charge in [0.05, 0.1) is 11.0 Å². The molecule has 1 aromatic heterocycles. The lowest BCUT2D eigenvalue weighted by Gasteiger charge is -2.11. The molecule has 0 aliphatic rings. The highest BCUT2D eigenvalue weighted by Crippen LogP contribution is 2.32. The number of para-hydroxylation sites is 1. The molecule has 0 bridgehead atoms. The summed E-state index contributed by atoms with van der Waals surface area (Å²) in [7, 11) is 0. The molecule has 0 saturated heterocycles. The Morgan fingerprint density at radius 2 is 1.63 bits per heavy atom. The maximum atomic E-state index is 12.0. The molecule has 0 atom stereocenters. The summed E-state index contributed by atoms with van der Waals surface area (Å²) < 4.78 is 8.18. The first-order valence-corrected chi connectivity index (χ1v) is 9.74. The number of aromatic nitrogens is 1. The van der Waals surface area contributed by atoms with Crippen LogP contribution >= 0.6 is 0 Å². The van der Waals surface area contributed by atoms with Gasteiger partial charge >= 0.3 is 0 Å². The molecule has 5 rings (SSSR count). The van der Waals surface area contributed by atoms with Gasteiger partial charge in [-0.1, -0.05) is 48.5 Å². The maximum absolute atomic E-state index is 12.0. The summed E-state index contributed by atoms with van der Waals surface area (Å²) in [5.74, 6) is 1.14. The lowest BCUT2D eigenvalue weighted by Crippen LogP contribution is -2.11. The summed E-state index contributed by atoms with van der Waals surface area (Å²) >= 11 is 0. The van der Waals surface area contributed by atoms with Gasteiger partial charge in [-0.15, -0.1) is 0 Å². The van der Waals surface area contributed by atoms with Gasteiger partial charge in [0.15, 0.2) is 0 Å². The summed E-state index contributed by atoms with van der Waals surface area (Å²) in [6, 6.07) is 32.6. The SMILES string of the molecule is NC(=O)c1cccc2c1c1[c]cccc1n2Cc1cccc(Oc2ccccc2)c1. The van der Waals surface area contributed by atoms with Crippen molar-refractivity contribution in [3.63, 3.8) is 0 Å². The molecule has 5 aromatic rings. The van der Waals surface area contributed by atoms with E-state index >= 15 is 0 Å². The van der Waals surface area contributed by atoms with Gasteiger partial charge in [0.25, 0.3) is 0 Å². The molecule has 1 amide bonds. The Kier molecular flexibility index (Phi) is 4.45. The lowest BCUT2D eigenvalue weighted by atomic mass is 10.1. The molecule has 0 saturated carbocycles. The number of amides is 1. The van der Waals surface area contributed by atoms with E-state index in [1.165, 1.54) is 0 Å². The van der Waals surface area contributed by atoms with Crippen molar-refractivity contribution >= 4 is 27.7 Å². The molecular weight excluding hydrogens is 372 g/mol. The third kappa shape index (κ3) is 3.18. The zero-order valence-corrected chi connectivity index (χ0v) is 16.2. The number of nitrogens with zero attached hydrogens (tertiary/aromatic N) is 1. The van der Waals surface area contributed by atoms with Crippen molar-refractivity contribution in [1.82, 2.24) is 4.57 Å². The summed E-state index contributed by atoms with van der Waals surface area (Å²) in [6.45, 7) is 0.631. The quantitative estimate of drug-likeness (QED) is 0.428. The molecule has 1 heterocycles. The number of hydrogen-bond acceptors (Lipinski definition) is 2. The standard InChI is InChI=1S/C26H19N2O2/c27-26(29)22-13-7-15-24-25(22)21-12-4-5-14-23(21)28(24)17-18-8-6-11-20(16-18)30-19-9-2-1-3-10-19/h1-11,13-16H,17H2,(H2,27,29). The van der Waals surface area contributed by atoms with Gasteiger partial charge in [0.1, 0.15) is 11.5 Å². The monoisotopic (exact) mass is 391 g/mol. The number of rotatable bonds is 5. The Balaban J connectivity index is 1.60.